The van der Waals surface area contributed by atoms with Gasteiger partial charge in [-0.05, 0) is 32.6 Å². The van der Waals surface area contributed by atoms with E-state index in [1.54, 1.807) is 0 Å². The van der Waals surface area contributed by atoms with E-state index in [1.807, 2.05) is 21.6 Å². The van der Waals surface area contributed by atoms with Gasteiger partial charge in [0.2, 0.25) is 0 Å². The number of carbonyl (C=O) groups excluding carboxylic acids is 1. The van der Waals surface area contributed by atoms with Crippen LogP contribution in [0.3, 0.4) is 0 Å². The van der Waals surface area contributed by atoms with Gasteiger partial charge in [0.05, 0.1) is 0 Å². The lowest BCUT2D eigenvalue weighted by atomic mass is 9.98. The first-order valence-corrected chi connectivity index (χ1v) is 8.30. The molecule has 15 heavy (non-hydrogen) atoms. The summed E-state index contributed by atoms with van der Waals surface area (Å²) in [6.07, 6.45) is 7.53. The zero-order chi connectivity index (χ0) is 11.1. The van der Waals surface area contributed by atoms with Crippen LogP contribution in [-0.4, -0.2) is 16.3 Å². The highest BCUT2D eigenvalue weighted by molar-refractivity contribution is 8.77. The Morgan fingerprint density at radius 1 is 1.33 bits per heavy atom. The van der Waals surface area contributed by atoms with Crippen LogP contribution in [-0.2, 0) is 4.79 Å². The first kappa shape index (κ1) is 13.4. The van der Waals surface area contributed by atoms with Crippen LogP contribution in [0.2, 0.25) is 0 Å². The second-order valence-electron chi connectivity index (χ2n) is 4.60. The molecule has 1 heterocycles. The number of hydrogen-bond acceptors (Lipinski definition) is 3. The van der Waals surface area contributed by atoms with Crippen molar-refractivity contribution in [2.75, 3.05) is 5.75 Å². The van der Waals surface area contributed by atoms with Crippen LogP contribution < -0.4 is 0 Å². The molecule has 0 radical (unpaired) electrons. The molecule has 1 rings (SSSR count). The number of rotatable bonds is 7. The fourth-order valence-corrected chi connectivity index (χ4v) is 5.17. The first-order valence-electron chi connectivity index (χ1n) is 5.98. The molecule has 1 aliphatic heterocycles. The summed E-state index contributed by atoms with van der Waals surface area (Å²) < 4.78 is 0.498. The fourth-order valence-electron chi connectivity index (χ4n) is 1.87. The number of hydrogen-bond donors (Lipinski definition) is 0. The van der Waals surface area contributed by atoms with Crippen molar-refractivity contribution in [3.63, 3.8) is 0 Å². The van der Waals surface area contributed by atoms with Crippen LogP contribution >= 0.6 is 21.6 Å². The monoisotopic (exact) mass is 246 g/mol. The molecule has 1 atom stereocenters. The molecule has 0 saturated carbocycles. The first-order chi connectivity index (χ1) is 7.16. The normalized spacial score (nSPS) is 25.7. The summed E-state index contributed by atoms with van der Waals surface area (Å²) >= 11 is 0. The van der Waals surface area contributed by atoms with Crippen molar-refractivity contribution in [3.05, 3.63) is 0 Å². The number of Topliss-reactive ketones (excluding diaryl/α,β-unsaturated/α-hetero) is 1. The van der Waals surface area contributed by atoms with Gasteiger partial charge in [0.1, 0.15) is 5.78 Å². The summed E-state index contributed by atoms with van der Waals surface area (Å²) in [5.74, 6) is 1.76. The molecule has 0 N–H and O–H groups in total. The lowest BCUT2D eigenvalue weighted by molar-refractivity contribution is -0.119. The Balaban J connectivity index is 2.03. The van der Waals surface area contributed by atoms with Gasteiger partial charge in [-0.3, -0.25) is 4.79 Å². The topological polar surface area (TPSA) is 17.1 Å². The molecule has 0 aliphatic carbocycles. The Hall–Kier alpha value is 0.370. The maximum Gasteiger partial charge on any atom is 0.132 e. The molecule has 1 fully saturated rings. The lowest BCUT2D eigenvalue weighted by Gasteiger charge is -2.20. The van der Waals surface area contributed by atoms with Gasteiger partial charge >= 0.3 is 0 Å². The van der Waals surface area contributed by atoms with Gasteiger partial charge in [0.25, 0.3) is 0 Å². The molecule has 0 amide bonds. The van der Waals surface area contributed by atoms with E-state index in [0.717, 1.165) is 25.7 Å². The Labute approximate surface area is 102 Å². The number of unbranched alkanes of at least 4 members (excludes halogenated alkanes) is 1. The standard InChI is InChI=1S/C12H22OS2/c1-3-6-11(13)7-4-5-8-12(2)9-10-14-15-12/h3-10H2,1-2H3. The minimum atomic E-state index is 0.455. The van der Waals surface area contributed by atoms with Crippen LogP contribution in [0.25, 0.3) is 0 Å². The predicted molar refractivity (Wildman–Crippen MR) is 71.5 cm³/mol. The minimum Gasteiger partial charge on any atom is -0.300 e. The molecular weight excluding hydrogens is 224 g/mol. The van der Waals surface area contributed by atoms with Crippen molar-refractivity contribution in [3.8, 4) is 0 Å². The van der Waals surface area contributed by atoms with Crippen molar-refractivity contribution in [2.45, 2.75) is 63.5 Å². The molecule has 1 saturated heterocycles. The Kier molecular flexibility index (Phi) is 6.13. The van der Waals surface area contributed by atoms with Crippen molar-refractivity contribution < 1.29 is 4.79 Å². The van der Waals surface area contributed by atoms with E-state index in [4.69, 9.17) is 0 Å². The van der Waals surface area contributed by atoms with E-state index < -0.39 is 0 Å². The SMILES string of the molecule is CCCC(=O)CCCCC1(C)CCSS1. The fraction of sp³-hybridized carbons (Fsp3) is 0.917. The van der Waals surface area contributed by atoms with Crippen LogP contribution in [0.1, 0.15) is 58.8 Å². The molecule has 1 nitrogen and oxygen atoms in total. The van der Waals surface area contributed by atoms with E-state index in [-0.39, 0.29) is 0 Å². The van der Waals surface area contributed by atoms with Crippen molar-refractivity contribution >= 4 is 27.4 Å². The van der Waals surface area contributed by atoms with Gasteiger partial charge < -0.3 is 0 Å². The Morgan fingerprint density at radius 2 is 2.13 bits per heavy atom. The van der Waals surface area contributed by atoms with Gasteiger partial charge in [-0.1, -0.05) is 34.9 Å². The van der Waals surface area contributed by atoms with Crippen LogP contribution in [0.4, 0.5) is 0 Å². The molecule has 0 bridgehead atoms. The third kappa shape index (κ3) is 5.30. The molecule has 3 heteroatoms. The highest BCUT2D eigenvalue weighted by Crippen LogP contribution is 2.49. The van der Waals surface area contributed by atoms with Crippen molar-refractivity contribution in [2.24, 2.45) is 0 Å². The summed E-state index contributed by atoms with van der Waals surface area (Å²) in [4.78, 5) is 11.3. The third-order valence-corrected chi connectivity index (χ3v) is 6.27. The molecule has 1 unspecified atom stereocenters. The smallest absolute Gasteiger partial charge is 0.132 e. The second-order valence-corrected chi connectivity index (χ2v) is 7.60. The van der Waals surface area contributed by atoms with Crippen LogP contribution in [0, 0.1) is 0 Å². The van der Waals surface area contributed by atoms with E-state index >= 15 is 0 Å². The van der Waals surface area contributed by atoms with Crippen molar-refractivity contribution in [1.29, 1.82) is 0 Å². The molecular formula is C12H22OS2. The molecule has 0 aromatic heterocycles. The van der Waals surface area contributed by atoms with Gasteiger partial charge in [0.15, 0.2) is 0 Å². The average molecular weight is 246 g/mol. The van der Waals surface area contributed by atoms with Crippen molar-refractivity contribution in [1.82, 2.24) is 0 Å². The zero-order valence-corrected chi connectivity index (χ0v) is 11.5. The number of carbonyl (C=O) groups is 1. The highest BCUT2D eigenvalue weighted by Gasteiger charge is 2.29. The lowest BCUT2D eigenvalue weighted by Crippen LogP contribution is -2.15. The third-order valence-electron chi connectivity index (χ3n) is 2.91. The molecule has 0 aromatic rings. The molecule has 0 aromatic carbocycles. The second kappa shape index (κ2) is 6.85. The number of ketones is 1. The average Bonchev–Trinajstić information content (AvgIpc) is 2.61. The Morgan fingerprint density at radius 3 is 2.73 bits per heavy atom. The van der Waals surface area contributed by atoms with Gasteiger partial charge in [-0.2, -0.15) is 0 Å². The van der Waals surface area contributed by atoms with Gasteiger partial charge in [-0.15, -0.1) is 0 Å². The predicted octanol–water partition coefficient (Wildman–Crippen LogP) is 4.46. The van der Waals surface area contributed by atoms with Gasteiger partial charge in [-0.25, -0.2) is 0 Å². The van der Waals surface area contributed by atoms with E-state index in [9.17, 15) is 4.79 Å². The highest BCUT2D eigenvalue weighted by atomic mass is 33.1. The summed E-state index contributed by atoms with van der Waals surface area (Å²) in [6.45, 7) is 4.44. The van der Waals surface area contributed by atoms with Gasteiger partial charge in [0, 0.05) is 23.3 Å². The molecule has 0 spiro atoms. The molecule has 88 valence electrons. The van der Waals surface area contributed by atoms with E-state index in [0.29, 0.717) is 10.5 Å². The quantitative estimate of drug-likeness (QED) is 0.487. The maximum absolute atomic E-state index is 11.3. The Bertz CT molecular complexity index is 198. The molecule has 1 aliphatic rings. The summed E-state index contributed by atoms with van der Waals surface area (Å²) in [7, 11) is 4.05. The minimum absolute atomic E-state index is 0.455. The largest absolute Gasteiger partial charge is 0.300 e. The maximum atomic E-state index is 11.3. The summed E-state index contributed by atoms with van der Waals surface area (Å²) in [5, 5.41) is 0. The van der Waals surface area contributed by atoms with Crippen LogP contribution in [0.5, 0.6) is 0 Å². The van der Waals surface area contributed by atoms with E-state index in [2.05, 4.69) is 13.8 Å². The zero-order valence-electron chi connectivity index (χ0n) is 9.88. The van der Waals surface area contributed by atoms with E-state index in [1.165, 1.54) is 25.0 Å². The summed E-state index contributed by atoms with van der Waals surface area (Å²) in [6, 6.07) is 0. The summed E-state index contributed by atoms with van der Waals surface area (Å²) in [5.41, 5.74) is 0. The van der Waals surface area contributed by atoms with Crippen LogP contribution in [0.15, 0.2) is 0 Å².